The van der Waals surface area contributed by atoms with Gasteiger partial charge >= 0.3 is 0 Å². The third-order valence-corrected chi connectivity index (χ3v) is 2.17. The van der Waals surface area contributed by atoms with Crippen molar-refractivity contribution in [2.75, 3.05) is 0 Å². The molecule has 0 aliphatic carbocycles. The van der Waals surface area contributed by atoms with Gasteiger partial charge in [-0.15, -0.1) is 0 Å². The van der Waals surface area contributed by atoms with Crippen molar-refractivity contribution in [1.82, 2.24) is 0 Å². The number of unbranched alkanes of at least 4 members (excludes halogenated alkanes) is 9. The van der Waals surface area contributed by atoms with Gasteiger partial charge in [-0.25, -0.2) is 0 Å². The number of hydrogen-bond donors (Lipinski definition) is 0. The van der Waals surface area contributed by atoms with Crippen LogP contribution in [0.3, 0.4) is 0 Å². The second kappa shape index (κ2) is 11.0. The van der Waals surface area contributed by atoms with Crippen LogP contribution < -0.4 is 0 Å². The molecule has 0 N–H and O–H groups in total. The van der Waals surface area contributed by atoms with Crippen LogP contribution in [0.1, 0.15) is 64.7 Å². The molecule has 72 valence electrons. The van der Waals surface area contributed by atoms with Crippen molar-refractivity contribution in [3.05, 3.63) is 13.3 Å². The van der Waals surface area contributed by atoms with Crippen molar-refractivity contribution >= 4 is 0 Å². The minimum atomic E-state index is 1.09. The molecule has 0 aliphatic rings. The standard InChI is InChI=1S/C12H24/c1-3-5-7-9-11-12-10-8-6-4-2/h9H,1,3-8,10-12H2,2H3. The topological polar surface area (TPSA) is 0 Å². The largest absolute Gasteiger partial charge is 0.0654 e. The van der Waals surface area contributed by atoms with Crippen LogP contribution in [0.15, 0.2) is 0 Å². The summed E-state index contributed by atoms with van der Waals surface area (Å²) in [4.78, 5) is 0. The number of rotatable bonds is 9. The summed E-state index contributed by atoms with van der Waals surface area (Å²) in [5.74, 6) is 0. The molecule has 0 aromatic carbocycles. The minimum absolute atomic E-state index is 1.09. The first kappa shape index (κ1) is 12.0. The molecule has 0 nitrogen and oxygen atoms in total. The first-order valence-electron chi connectivity index (χ1n) is 5.52. The lowest BCUT2D eigenvalue weighted by atomic mass is 10.1. The van der Waals surface area contributed by atoms with Crippen LogP contribution in [-0.2, 0) is 0 Å². The van der Waals surface area contributed by atoms with E-state index in [1.807, 2.05) is 0 Å². The second-order valence-electron chi connectivity index (χ2n) is 3.49. The van der Waals surface area contributed by atoms with Crippen LogP contribution in [0, 0.1) is 13.3 Å². The third-order valence-electron chi connectivity index (χ3n) is 2.17. The molecule has 0 saturated carbocycles. The van der Waals surface area contributed by atoms with E-state index in [0.29, 0.717) is 0 Å². The Morgan fingerprint density at radius 2 is 1.58 bits per heavy atom. The fraction of sp³-hybridized carbons (Fsp3) is 0.833. The molecule has 0 heteroatoms. The normalized spacial score (nSPS) is 10.5. The molecule has 0 saturated heterocycles. The van der Waals surface area contributed by atoms with E-state index in [1.54, 1.807) is 0 Å². The molecule has 12 heavy (non-hydrogen) atoms. The van der Waals surface area contributed by atoms with E-state index in [9.17, 15) is 0 Å². The van der Waals surface area contributed by atoms with Crippen LogP contribution in [-0.4, -0.2) is 0 Å². The van der Waals surface area contributed by atoms with Gasteiger partial charge in [0.25, 0.3) is 0 Å². The van der Waals surface area contributed by atoms with Gasteiger partial charge in [0.1, 0.15) is 0 Å². The zero-order chi connectivity index (χ0) is 9.07. The molecule has 0 unspecified atom stereocenters. The highest BCUT2D eigenvalue weighted by Crippen LogP contribution is 2.09. The van der Waals surface area contributed by atoms with Gasteiger partial charge in [0.2, 0.25) is 0 Å². The highest BCUT2D eigenvalue weighted by atomic mass is 14.0. The van der Waals surface area contributed by atoms with E-state index in [1.165, 1.54) is 51.4 Å². The third kappa shape index (κ3) is 10.0. The van der Waals surface area contributed by atoms with Gasteiger partial charge in [-0.3, -0.25) is 0 Å². The average Bonchev–Trinajstić information content (AvgIpc) is 2.10. The Balaban J connectivity index is 2.73. The molecule has 0 heterocycles. The monoisotopic (exact) mass is 168 g/mol. The summed E-state index contributed by atoms with van der Waals surface area (Å²) in [6.07, 6.45) is 14.4. The lowest BCUT2D eigenvalue weighted by molar-refractivity contribution is 0.618. The molecule has 0 amide bonds. The van der Waals surface area contributed by atoms with E-state index in [4.69, 9.17) is 0 Å². The first-order valence-corrected chi connectivity index (χ1v) is 5.52. The zero-order valence-corrected chi connectivity index (χ0v) is 8.65. The maximum atomic E-state index is 3.82. The Morgan fingerprint density at radius 1 is 0.917 bits per heavy atom. The first-order chi connectivity index (χ1) is 5.91. The van der Waals surface area contributed by atoms with E-state index in [2.05, 4.69) is 20.3 Å². The Labute approximate surface area is 78.8 Å². The van der Waals surface area contributed by atoms with Crippen molar-refractivity contribution < 1.29 is 0 Å². The van der Waals surface area contributed by atoms with Crippen LogP contribution in [0.25, 0.3) is 0 Å². The Morgan fingerprint density at radius 3 is 2.25 bits per heavy atom. The van der Waals surface area contributed by atoms with Crippen molar-refractivity contribution in [1.29, 1.82) is 0 Å². The summed E-state index contributed by atoms with van der Waals surface area (Å²) >= 11 is 0. The highest BCUT2D eigenvalue weighted by molar-refractivity contribution is 4.64. The fourth-order valence-electron chi connectivity index (χ4n) is 1.33. The van der Waals surface area contributed by atoms with Gasteiger partial charge in [-0.1, -0.05) is 71.6 Å². The van der Waals surface area contributed by atoms with Gasteiger partial charge in [0.05, 0.1) is 0 Å². The maximum absolute atomic E-state index is 3.82. The van der Waals surface area contributed by atoms with Gasteiger partial charge in [0, 0.05) is 0 Å². The molecule has 0 fully saturated rings. The molecule has 0 spiro atoms. The van der Waals surface area contributed by atoms with Crippen LogP contribution in [0.2, 0.25) is 0 Å². The van der Waals surface area contributed by atoms with Gasteiger partial charge in [-0.2, -0.15) is 0 Å². The van der Waals surface area contributed by atoms with E-state index in [0.717, 1.165) is 6.42 Å². The van der Waals surface area contributed by atoms with E-state index in [-0.39, 0.29) is 0 Å². The lowest BCUT2D eigenvalue weighted by Gasteiger charge is -1.99. The van der Waals surface area contributed by atoms with E-state index < -0.39 is 0 Å². The van der Waals surface area contributed by atoms with E-state index >= 15 is 0 Å². The van der Waals surface area contributed by atoms with Crippen molar-refractivity contribution in [2.45, 2.75) is 64.7 Å². The van der Waals surface area contributed by atoms with Crippen LogP contribution in [0.5, 0.6) is 0 Å². The van der Waals surface area contributed by atoms with Crippen molar-refractivity contribution in [3.8, 4) is 0 Å². The molecule has 0 rings (SSSR count). The average molecular weight is 168 g/mol. The van der Waals surface area contributed by atoms with Gasteiger partial charge < -0.3 is 0 Å². The molecule has 2 radical (unpaired) electrons. The van der Waals surface area contributed by atoms with Crippen molar-refractivity contribution in [3.63, 3.8) is 0 Å². The Kier molecular flexibility index (Phi) is 11.0. The van der Waals surface area contributed by atoms with Crippen LogP contribution >= 0.6 is 0 Å². The van der Waals surface area contributed by atoms with Crippen LogP contribution in [0.4, 0.5) is 0 Å². The predicted octanol–water partition coefficient (Wildman–Crippen LogP) is 4.56. The fourth-order valence-corrected chi connectivity index (χ4v) is 1.33. The predicted molar refractivity (Wildman–Crippen MR) is 56.9 cm³/mol. The molecule has 0 aliphatic heterocycles. The number of hydrogen-bond acceptors (Lipinski definition) is 0. The van der Waals surface area contributed by atoms with Crippen molar-refractivity contribution in [2.24, 2.45) is 0 Å². The highest BCUT2D eigenvalue weighted by Gasteiger charge is 1.90. The maximum Gasteiger partial charge on any atom is -0.0386 e. The summed E-state index contributed by atoms with van der Waals surface area (Å²) in [6, 6.07) is 0. The smallest absolute Gasteiger partial charge is 0.0386 e. The lowest BCUT2D eigenvalue weighted by Crippen LogP contribution is -1.81. The molecular weight excluding hydrogens is 144 g/mol. The quantitative estimate of drug-likeness (QED) is 0.443. The summed E-state index contributed by atoms with van der Waals surface area (Å²) in [6.45, 7) is 6.09. The minimum Gasteiger partial charge on any atom is -0.0654 e. The summed E-state index contributed by atoms with van der Waals surface area (Å²) in [7, 11) is 0. The summed E-state index contributed by atoms with van der Waals surface area (Å²) in [5.41, 5.74) is 0. The molecular formula is C12H24. The zero-order valence-electron chi connectivity index (χ0n) is 8.65. The molecule has 0 aromatic rings. The SMILES string of the molecule is [CH2]CCC[CH]CCCCCCC. The molecule has 0 atom stereocenters. The summed E-state index contributed by atoms with van der Waals surface area (Å²) in [5, 5.41) is 0. The van der Waals surface area contributed by atoms with Gasteiger partial charge in [0.15, 0.2) is 0 Å². The molecule has 0 bridgehead atoms. The Hall–Kier alpha value is 0. The molecule has 0 aromatic heterocycles. The van der Waals surface area contributed by atoms with Gasteiger partial charge in [-0.05, 0) is 6.42 Å². The Bertz CT molecular complexity index is 56.4. The second-order valence-corrected chi connectivity index (χ2v) is 3.49. The summed E-state index contributed by atoms with van der Waals surface area (Å²) < 4.78 is 0.